The summed E-state index contributed by atoms with van der Waals surface area (Å²) in [6.07, 6.45) is 7.66. The van der Waals surface area contributed by atoms with Crippen molar-refractivity contribution in [1.29, 1.82) is 5.26 Å². The second kappa shape index (κ2) is 5.37. The minimum Gasteiger partial charge on any atom is -0.336 e. The Morgan fingerprint density at radius 1 is 1.30 bits per heavy atom. The molecule has 4 nitrogen and oxygen atoms in total. The Labute approximate surface area is 121 Å². The van der Waals surface area contributed by atoms with Gasteiger partial charge in [-0.3, -0.25) is 9.69 Å². The van der Waals surface area contributed by atoms with Crippen LogP contribution in [-0.2, 0) is 4.79 Å². The van der Waals surface area contributed by atoms with Gasteiger partial charge < -0.3 is 5.32 Å². The fourth-order valence-corrected chi connectivity index (χ4v) is 3.96. The maximum Gasteiger partial charge on any atom is 0.238 e. The third-order valence-electron chi connectivity index (χ3n) is 5.47. The minimum absolute atomic E-state index is 0.0236. The molecule has 0 unspecified atom stereocenters. The Balaban J connectivity index is 1.71. The van der Waals surface area contributed by atoms with E-state index in [1.807, 2.05) is 0 Å². The van der Waals surface area contributed by atoms with Crippen LogP contribution in [0.3, 0.4) is 0 Å². The molecule has 1 aliphatic heterocycles. The van der Waals surface area contributed by atoms with Crippen LogP contribution in [0.25, 0.3) is 0 Å². The molecule has 1 saturated heterocycles. The number of nitrogens with one attached hydrogen (secondary N) is 1. The van der Waals surface area contributed by atoms with Crippen molar-refractivity contribution in [2.75, 3.05) is 13.1 Å². The molecule has 3 fully saturated rings. The molecule has 0 radical (unpaired) electrons. The molecule has 0 aromatic carbocycles. The van der Waals surface area contributed by atoms with E-state index in [0.717, 1.165) is 32.4 Å². The van der Waals surface area contributed by atoms with E-state index in [1.54, 1.807) is 0 Å². The van der Waals surface area contributed by atoms with E-state index < -0.39 is 5.54 Å². The Kier molecular flexibility index (Phi) is 3.72. The molecule has 2 aliphatic carbocycles. The monoisotopic (exact) mass is 275 g/mol. The van der Waals surface area contributed by atoms with Gasteiger partial charge in [-0.25, -0.2) is 0 Å². The zero-order chi connectivity index (χ0) is 14.2. The molecule has 3 aliphatic rings. The lowest BCUT2D eigenvalue weighted by molar-refractivity contribution is -0.128. The standard InChI is InChI=1S/C16H25N3O/c1-12-5-4-8-16(12,11-17)18-15(20)14(13-6-7-13)19-9-2-3-10-19/h12-14H,2-10H2,1H3,(H,18,20)/t12-,14+,16-/m1/s1. The summed E-state index contributed by atoms with van der Waals surface area (Å²) < 4.78 is 0. The van der Waals surface area contributed by atoms with E-state index in [-0.39, 0.29) is 17.9 Å². The largest absolute Gasteiger partial charge is 0.336 e. The van der Waals surface area contributed by atoms with Crippen LogP contribution in [0, 0.1) is 23.2 Å². The summed E-state index contributed by atoms with van der Waals surface area (Å²) in [7, 11) is 0. The van der Waals surface area contributed by atoms with Gasteiger partial charge in [-0.1, -0.05) is 6.92 Å². The van der Waals surface area contributed by atoms with E-state index in [2.05, 4.69) is 23.2 Å². The zero-order valence-electron chi connectivity index (χ0n) is 12.4. The van der Waals surface area contributed by atoms with Gasteiger partial charge in [-0.15, -0.1) is 0 Å². The van der Waals surface area contributed by atoms with Crippen LogP contribution >= 0.6 is 0 Å². The quantitative estimate of drug-likeness (QED) is 0.854. The lowest BCUT2D eigenvalue weighted by Crippen LogP contribution is -2.56. The minimum atomic E-state index is -0.607. The van der Waals surface area contributed by atoms with E-state index in [1.165, 1.54) is 25.7 Å². The third kappa shape index (κ3) is 2.44. The molecule has 0 spiro atoms. The van der Waals surface area contributed by atoms with Crippen molar-refractivity contribution in [2.24, 2.45) is 11.8 Å². The van der Waals surface area contributed by atoms with Gasteiger partial charge in [0.2, 0.25) is 5.91 Å². The Bertz CT molecular complexity index is 420. The number of carbonyl (C=O) groups excluding carboxylic acids is 1. The summed E-state index contributed by atoms with van der Waals surface area (Å²) in [6, 6.07) is 2.44. The highest BCUT2D eigenvalue weighted by Crippen LogP contribution is 2.39. The zero-order valence-corrected chi connectivity index (χ0v) is 12.4. The molecular weight excluding hydrogens is 250 g/mol. The second-order valence-electron chi connectivity index (χ2n) is 6.89. The average Bonchev–Trinajstić information content (AvgIpc) is 2.97. The number of likely N-dealkylation sites (tertiary alicyclic amines) is 1. The van der Waals surface area contributed by atoms with Gasteiger partial charge in [0.05, 0.1) is 12.1 Å². The molecular formula is C16H25N3O. The highest BCUT2D eigenvalue weighted by atomic mass is 16.2. The maximum atomic E-state index is 12.8. The van der Waals surface area contributed by atoms with E-state index >= 15 is 0 Å². The van der Waals surface area contributed by atoms with Gasteiger partial charge >= 0.3 is 0 Å². The number of hydrogen-bond donors (Lipinski definition) is 1. The van der Waals surface area contributed by atoms with Crippen LogP contribution in [0.5, 0.6) is 0 Å². The van der Waals surface area contributed by atoms with Crippen LogP contribution < -0.4 is 5.32 Å². The smallest absolute Gasteiger partial charge is 0.238 e. The first-order valence-electron chi connectivity index (χ1n) is 8.13. The van der Waals surface area contributed by atoms with Crippen LogP contribution in [0.1, 0.15) is 51.9 Å². The molecule has 0 aromatic rings. The molecule has 2 saturated carbocycles. The number of nitriles is 1. The fraction of sp³-hybridized carbons (Fsp3) is 0.875. The molecule has 1 N–H and O–H groups in total. The molecule has 0 aromatic heterocycles. The number of rotatable bonds is 4. The van der Waals surface area contributed by atoms with Crippen molar-refractivity contribution in [3.63, 3.8) is 0 Å². The van der Waals surface area contributed by atoms with Crippen molar-refractivity contribution in [3.8, 4) is 6.07 Å². The number of nitrogens with zero attached hydrogens (tertiary/aromatic N) is 2. The predicted molar refractivity (Wildman–Crippen MR) is 76.8 cm³/mol. The van der Waals surface area contributed by atoms with Crippen LogP contribution in [0.2, 0.25) is 0 Å². The summed E-state index contributed by atoms with van der Waals surface area (Å²) in [5.41, 5.74) is -0.607. The summed E-state index contributed by atoms with van der Waals surface area (Å²) in [6.45, 7) is 4.19. The summed E-state index contributed by atoms with van der Waals surface area (Å²) in [5.74, 6) is 0.917. The van der Waals surface area contributed by atoms with Crippen molar-refractivity contribution in [1.82, 2.24) is 10.2 Å². The first-order valence-corrected chi connectivity index (χ1v) is 8.13. The van der Waals surface area contributed by atoms with Crippen molar-refractivity contribution < 1.29 is 4.79 Å². The van der Waals surface area contributed by atoms with Crippen LogP contribution in [-0.4, -0.2) is 35.5 Å². The first-order chi connectivity index (χ1) is 9.66. The summed E-state index contributed by atoms with van der Waals surface area (Å²) in [4.78, 5) is 15.1. The molecule has 1 amide bonds. The molecule has 3 atom stereocenters. The van der Waals surface area contributed by atoms with Crippen LogP contribution in [0.15, 0.2) is 0 Å². The second-order valence-corrected chi connectivity index (χ2v) is 6.89. The Hall–Kier alpha value is -1.08. The molecule has 110 valence electrons. The Morgan fingerprint density at radius 3 is 2.50 bits per heavy atom. The van der Waals surface area contributed by atoms with E-state index in [0.29, 0.717) is 5.92 Å². The fourth-order valence-electron chi connectivity index (χ4n) is 3.96. The van der Waals surface area contributed by atoms with Crippen molar-refractivity contribution in [3.05, 3.63) is 0 Å². The molecule has 3 rings (SSSR count). The summed E-state index contributed by atoms with van der Waals surface area (Å²) >= 11 is 0. The van der Waals surface area contributed by atoms with Gasteiger partial charge in [-0.2, -0.15) is 5.26 Å². The van der Waals surface area contributed by atoms with E-state index in [4.69, 9.17) is 0 Å². The Morgan fingerprint density at radius 2 is 2.00 bits per heavy atom. The number of amides is 1. The normalized spacial score (nSPS) is 35.7. The van der Waals surface area contributed by atoms with Gasteiger partial charge in [0.25, 0.3) is 0 Å². The van der Waals surface area contributed by atoms with Gasteiger partial charge in [0.15, 0.2) is 0 Å². The lowest BCUT2D eigenvalue weighted by atomic mass is 9.89. The van der Waals surface area contributed by atoms with Gasteiger partial charge in [0, 0.05) is 0 Å². The highest BCUT2D eigenvalue weighted by Gasteiger charge is 2.47. The molecule has 0 bridgehead atoms. The van der Waals surface area contributed by atoms with Crippen molar-refractivity contribution in [2.45, 2.75) is 63.5 Å². The van der Waals surface area contributed by atoms with Gasteiger partial charge in [-0.05, 0) is 69.9 Å². The molecule has 4 heteroatoms. The lowest BCUT2D eigenvalue weighted by Gasteiger charge is -2.33. The van der Waals surface area contributed by atoms with Gasteiger partial charge in [0.1, 0.15) is 5.54 Å². The third-order valence-corrected chi connectivity index (χ3v) is 5.47. The van der Waals surface area contributed by atoms with Crippen LogP contribution in [0.4, 0.5) is 0 Å². The topological polar surface area (TPSA) is 56.1 Å². The number of carbonyl (C=O) groups is 1. The average molecular weight is 275 g/mol. The predicted octanol–water partition coefficient (Wildman–Crippen LogP) is 2.06. The SMILES string of the molecule is C[C@@H]1CCC[C@]1(C#N)NC(=O)[C@H](C1CC1)N1CCCC1. The van der Waals surface area contributed by atoms with Crippen molar-refractivity contribution >= 4 is 5.91 Å². The maximum absolute atomic E-state index is 12.8. The highest BCUT2D eigenvalue weighted by molar-refractivity contribution is 5.83. The molecule has 20 heavy (non-hydrogen) atoms. The molecule has 1 heterocycles. The number of hydrogen-bond acceptors (Lipinski definition) is 3. The van der Waals surface area contributed by atoms with E-state index in [9.17, 15) is 10.1 Å². The summed E-state index contributed by atoms with van der Waals surface area (Å²) in [5, 5.41) is 12.7. The first kappa shape index (κ1) is 13.9.